The summed E-state index contributed by atoms with van der Waals surface area (Å²) in [5.74, 6) is 0.542. The van der Waals surface area contributed by atoms with E-state index in [1.165, 1.54) is 6.07 Å². The highest BCUT2D eigenvalue weighted by molar-refractivity contribution is 5.83. The van der Waals surface area contributed by atoms with Gasteiger partial charge >= 0.3 is 6.18 Å². The highest BCUT2D eigenvalue weighted by atomic mass is 19.4. The molecule has 0 spiro atoms. The van der Waals surface area contributed by atoms with Crippen LogP contribution in [0.15, 0.2) is 71.1 Å². The first-order valence-electron chi connectivity index (χ1n) is 17.1. The maximum atomic E-state index is 14.3. The van der Waals surface area contributed by atoms with Crippen LogP contribution in [-0.4, -0.2) is 52.2 Å². The van der Waals surface area contributed by atoms with E-state index in [-0.39, 0.29) is 11.7 Å². The molecule has 3 heterocycles. The van der Waals surface area contributed by atoms with Crippen LogP contribution in [0.1, 0.15) is 63.8 Å². The number of fused-ring (bicyclic) bond motifs is 1. The molecule has 1 atom stereocenters. The normalized spacial score (nSPS) is 17.7. The molecule has 7 rings (SSSR count). The summed E-state index contributed by atoms with van der Waals surface area (Å²) in [4.78, 5) is 9.34. The minimum atomic E-state index is -4.45. The van der Waals surface area contributed by atoms with Gasteiger partial charge in [0.05, 0.1) is 11.7 Å². The first kappa shape index (κ1) is 33.3. The molecule has 4 aromatic carbocycles. The van der Waals surface area contributed by atoms with Crippen molar-refractivity contribution < 1.29 is 22.7 Å². The molecule has 1 aromatic heterocycles. The molecule has 0 aliphatic carbocycles. The van der Waals surface area contributed by atoms with Gasteiger partial charge in [-0.3, -0.25) is 9.80 Å². The second kappa shape index (κ2) is 13.6. The van der Waals surface area contributed by atoms with Crippen LogP contribution >= 0.6 is 0 Å². The molecule has 49 heavy (non-hydrogen) atoms. The Bertz CT molecular complexity index is 2020. The molecule has 0 saturated carbocycles. The molecule has 2 saturated heterocycles. The fraction of sp³-hybridized carbons (Fsp3) is 0.341. The average molecular weight is 666 g/mol. The molecule has 254 valence electrons. The van der Waals surface area contributed by atoms with Crippen LogP contribution in [0.3, 0.4) is 0 Å². The second-order valence-corrected chi connectivity index (χ2v) is 13.7. The van der Waals surface area contributed by atoms with Crippen molar-refractivity contribution >= 4 is 23.3 Å². The van der Waals surface area contributed by atoms with Crippen molar-refractivity contribution in [3.8, 4) is 22.6 Å². The number of oxazole rings is 1. The van der Waals surface area contributed by atoms with Gasteiger partial charge in [0.15, 0.2) is 5.58 Å². The maximum Gasteiger partial charge on any atom is 0.416 e. The van der Waals surface area contributed by atoms with E-state index in [2.05, 4.69) is 28.0 Å². The second-order valence-electron chi connectivity index (χ2n) is 13.7. The van der Waals surface area contributed by atoms with Crippen LogP contribution in [0.4, 0.5) is 13.2 Å². The summed E-state index contributed by atoms with van der Waals surface area (Å²) >= 11 is 0. The average Bonchev–Trinajstić information content (AvgIpc) is 3.83. The number of nitrogens with zero attached hydrogens (tertiary/aromatic N) is 3. The number of hydrogen-bond donors (Lipinski definition) is 1. The third-order valence-corrected chi connectivity index (χ3v) is 10.2. The lowest BCUT2D eigenvalue weighted by atomic mass is 9.91. The zero-order valence-electron chi connectivity index (χ0n) is 28.3. The molecule has 0 radical (unpaired) electrons. The molecule has 2 aliphatic rings. The van der Waals surface area contributed by atoms with Crippen LogP contribution in [0.25, 0.3) is 45.8 Å². The standard InChI is InChI=1S/C41H42F3N3O2/c1-26-20-31(37(41(42,43)44)22-32(26)24-46-17-4-5-18-46)14-13-30-8-6-9-34(27(30)2)35-10-7-11-36(28(35)3)40-45-38-21-29(12-15-39(38)49-40)23-47-19-16-33(48)25-47/h6-15,20-22,33,48H,4-5,16-19,23-25H2,1-3H3/b14-13+/t33-/m1/s1. The molecule has 5 nitrogen and oxygen atoms in total. The molecule has 0 amide bonds. The fourth-order valence-corrected chi connectivity index (χ4v) is 7.38. The highest BCUT2D eigenvalue weighted by Crippen LogP contribution is 2.38. The van der Waals surface area contributed by atoms with Crippen LogP contribution in [0.5, 0.6) is 0 Å². The monoisotopic (exact) mass is 665 g/mol. The Hall–Kier alpha value is -4.24. The molecule has 0 unspecified atom stereocenters. The Morgan fingerprint density at radius 3 is 2.27 bits per heavy atom. The zero-order chi connectivity index (χ0) is 34.3. The first-order valence-corrected chi connectivity index (χ1v) is 17.1. The summed E-state index contributed by atoms with van der Waals surface area (Å²) in [6.07, 6.45) is 1.68. The minimum Gasteiger partial charge on any atom is -0.436 e. The van der Waals surface area contributed by atoms with E-state index in [0.717, 1.165) is 101 Å². The number of aliphatic hydroxyl groups is 1. The van der Waals surface area contributed by atoms with Crippen molar-refractivity contribution in [2.24, 2.45) is 0 Å². The van der Waals surface area contributed by atoms with E-state index < -0.39 is 11.7 Å². The van der Waals surface area contributed by atoms with Gasteiger partial charge in [-0.2, -0.15) is 13.2 Å². The lowest BCUT2D eigenvalue weighted by Crippen LogP contribution is -2.21. The van der Waals surface area contributed by atoms with Gasteiger partial charge in [0, 0.05) is 31.7 Å². The molecule has 8 heteroatoms. The summed E-state index contributed by atoms with van der Waals surface area (Å²) in [5.41, 5.74) is 9.56. The van der Waals surface area contributed by atoms with Gasteiger partial charge in [0.1, 0.15) is 5.52 Å². The van der Waals surface area contributed by atoms with Crippen molar-refractivity contribution in [1.82, 2.24) is 14.8 Å². The lowest BCUT2D eigenvalue weighted by Gasteiger charge is -2.19. The van der Waals surface area contributed by atoms with E-state index in [0.29, 0.717) is 24.6 Å². The lowest BCUT2D eigenvalue weighted by molar-refractivity contribution is -0.137. The van der Waals surface area contributed by atoms with E-state index in [9.17, 15) is 18.3 Å². The van der Waals surface area contributed by atoms with E-state index in [4.69, 9.17) is 9.40 Å². The molecular weight excluding hydrogens is 623 g/mol. The van der Waals surface area contributed by atoms with E-state index >= 15 is 0 Å². The Balaban J connectivity index is 1.17. The first-order chi connectivity index (χ1) is 23.5. The number of aromatic nitrogens is 1. The van der Waals surface area contributed by atoms with Crippen LogP contribution in [0.2, 0.25) is 0 Å². The van der Waals surface area contributed by atoms with E-state index in [1.807, 2.05) is 57.2 Å². The largest absolute Gasteiger partial charge is 0.436 e. The molecule has 1 N–H and O–H groups in total. The number of likely N-dealkylation sites (tertiary alicyclic amines) is 2. The van der Waals surface area contributed by atoms with Crippen molar-refractivity contribution in [3.05, 3.63) is 111 Å². The Kier molecular flexibility index (Phi) is 9.22. The summed E-state index contributed by atoms with van der Waals surface area (Å²) < 4.78 is 49.1. The van der Waals surface area contributed by atoms with Crippen LogP contribution < -0.4 is 0 Å². The fourth-order valence-electron chi connectivity index (χ4n) is 7.38. The Morgan fingerprint density at radius 2 is 1.53 bits per heavy atom. The molecule has 2 aliphatic heterocycles. The topological polar surface area (TPSA) is 52.7 Å². The predicted octanol–water partition coefficient (Wildman–Crippen LogP) is 9.44. The van der Waals surface area contributed by atoms with Crippen LogP contribution in [0, 0.1) is 20.8 Å². The minimum absolute atomic E-state index is 0.176. The highest BCUT2D eigenvalue weighted by Gasteiger charge is 2.34. The van der Waals surface area contributed by atoms with Crippen molar-refractivity contribution in [2.75, 3.05) is 26.2 Å². The number of halogens is 3. The van der Waals surface area contributed by atoms with Gasteiger partial charge in [0.25, 0.3) is 0 Å². The van der Waals surface area contributed by atoms with E-state index in [1.54, 1.807) is 18.2 Å². The summed E-state index contributed by atoms with van der Waals surface area (Å²) in [5, 5.41) is 9.90. The van der Waals surface area contributed by atoms with Crippen LogP contribution in [-0.2, 0) is 19.3 Å². The molecule has 0 bridgehead atoms. The van der Waals surface area contributed by atoms with Gasteiger partial charge in [-0.15, -0.1) is 0 Å². The van der Waals surface area contributed by atoms with Crippen molar-refractivity contribution in [2.45, 2.75) is 65.4 Å². The molecular formula is C41H42F3N3O2. The predicted molar refractivity (Wildman–Crippen MR) is 190 cm³/mol. The molecule has 2 fully saturated rings. The van der Waals surface area contributed by atoms with Gasteiger partial charge < -0.3 is 9.52 Å². The molecule has 5 aromatic rings. The quantitative estimate of drug-likeness (QED) is 0.167. The third kappa shape index (κ3) is 7.09. The van der Waals surface area contributed by atoms with Gasteiger partial charge in [-0.05, 0) is 127 Å². The van der Waals surface area contributed by atoms with Gasteiger partial charge in [0.2, 0.25) is 5.89 Å². The number of hydrogen-bond acceptors (Lipinski definition) is 5. The smallest absolute Gasteiger partial charge is 0.416 e. The Morgan fingerprint density at radius 1 is 0.816 bits per heavy atom. The van der Waals surface area contributed by atoms with Gasteiger partial charge in [-0.1, -0.05) is 54.6 Å². The SMILES string of the molecule is Cc1cc(/C=C/c2cccc(-c3cccc(-c4nc5cc(CN6CC[C@@H](O)C6)ccc5o4)c3C)c2C)c(C(F)(F)F)cc1CN1CCCC1. The van der Waals surface area contributed by atoms with Gasteiger partial charge in [-0.25, -0.2) is 4.98 Å². The summed E-state index contributed by atoms with van der Waals surface area (Å²) in [6, 6.07) is 21.1. The summed E-state index contributed by atoms with van der Waals surface area (Å²) in [7, 11) is 0. The number of alkyl halides is 3. The van der Waals surface area contributed by atoms with Crippen molar-refractivity contribution in [1.29, 1.82) is 0 Å². The number of aliphatic hydroxyl groups excluding tert-OH is 1. The number of benzene rings is 4. The number of β-amino-alcohol motifs (C(OH)–C–C–N with tert-alkyl or cyclic N) is 1. The zero-order valence-corrected chi connectivity index (χ0v) is 28.3. The Labute approximate surface area is 285 Å². The number of rotatable bonds is 8. The van der Waals surface area contributed by atoms with Crippen molar-refractivity contribution in [3.63, 3.8) is 0 Å². The maximum absolute atomic E-state index is 14.3. The summed E-state index contributed by atoms with van der Waals surface area (Å²) in [6.45, 7) is 10.7. The third-order valence-electron chi connectivity index (χ3n) is 10.2. The number of aryl methyl sites for hydroxylation is 1.